The van der Waals surface area contributed by atoms with E-state index in [1.807, 2.05) is 5.38 Å². The molecule has 0 radical (unpaired) electrons. The third-order valence-electron chi connectivity index (χ3n) is 1.46. The molecule has 60 valence electrons. The molecule has 0 unspecified atom stereocenters. The molecule has 0 spiro atoms. The van der Waals surface area contributed by atoms with Crippen LogP contribution in [0.3, 0.4) is 0 Å². The minimum Gasteiger partial charge on any atom is -0.298 e. The van der Waals surface area contributed by atoms with Gasteiger partial charge in [-0.15, -0.1) is 11.3 Å². The zero-order chi connectivity index (χ0) is 8.27. The molecule has 1 heterocycles. The Morgan fingerprint density at radius 3 is 3.00 bits per heavy atom. The molecule has 1 nitrogen and oxygen atoms in total. The maximum Gasteiger partial charge on any atom is 0.152 e. The van der Waals surface area contributed by atoms with E-state index in [2.05, 4.69) is 22.9 Å². The Kier molecular flexibility index (Phi) is 3.27. The average Bonchev–Trinajstić information content (AvgIpc) is 2.33. The van der Waals surface area contributed by atoms with Gasteiger partial charge >= 0.3 is 0 Å². The summed E-state index contributed by atoms with van der Waals surface area (Å²) >= 11 is 4.97. The Bertz CT molecular complexity index is 255. The summed E-state index contributed by atoms with van der Waals surface area (Å²) in [4.78, 5) is 11.7. The summed E-state index contributed by atoms with van der Waals surface area (Å²) in [7, 11) is 0. The van der Waals surface area contributed by atoms with Gasteiger partial charge in [-0.1, -0.05) is 13.3 Å². The Morgan fingerprint density at radius 1 is 1.73 bits per heavy atom. The van der Waals surface area contributed by atoms with Crippen molar-refractivity contribution in [2.75, 3.05) is 0 Å². The lowest BCUT2D eigenvalue weighted by Gasteiger charge is -1.93. The predicted octanol–water partition coefficient (Wildman–Crippen LogP) is 3.28. The summed E-state index contributed by atoms with van der Waals surface area (Å²) in [5.74, 6) is 0. The molecule has 0 saturated carbocycles. The van der Waals surface area contributed by atoms with Gasteiger partial charge in [0, 0.05) is 20.3 Å². The van der Waals surface area contributed by atoms with Gasteiger partial charge in [0.2, 0.25) is 0 Å². The number of thiophene rings is 1. The number of carbonyl (C=O) groups excluding carboxylic acids is 1. The molecule has 0 aliphatic carbocycles. The van der Waals surface area contributed by atoms with Crippen LogP contribution in [-0.4, -0.2) is 6.29 Å². The molecule has 1 aromatic rings. The van der Waals surface area contributed by atoms with Gasteiger partial charge in [0.25, 0.3) is 0 Å². The number of hydrogen-bond acceptors (Lipinski definition) is 2. The van der Waals surface area contributed by atoms with Crippen molar-refractivity contribution in [3.63, 3.8) is 0 Å². The van der Waals surface area contributed by atoms with Crippen LogP contribution >= 0.6 is 27.3 Å². The second-order valence-electron chi connectivity index (χ2n) is 2.29. The predicted molar refractivity (Wildman–Crippen MR) is 51.4 cm³/mol. The lowest BCUT2D eigenvalue weighted by atomic mass is 10.2. The summed E-state index contributed by atoms with van der Waals surface area (Å²) in [6.07, 6.45) is 3.02. The van der Waals surface area contributed by atoms with Crippen LogP contribution < -0.4 is 0 Å². The second-order valence-corrected chi connectivity index (χ2v) is 4.11. The minimum absolute atomic E-state index is 0.830. The highest BCUT2D eigenvalue weighted by Gasteiger charge is 2.06. The first kappa shape index (κ1) is 8.94. The number of aryl methyl sites for hydroxylation is 1. The highest BCUT2D eigenvalue weighted by molar-refractivity contribution is 9.10. The first-order chi connectivity index (χ1) is 5.29. The molecular formula is C8H9BrOS. The van der Waals surface area contributed by atoms with E-state index in [1.165, 1.54) is 4.88 Å². The maximum absolute atomic E-state index is 10.6. The third-order valence-corrected chi connectivity index (χ3v) is 3.48. The van der Waals surface area contributed by atoms with E-state index >= 15 is 0 Å². The molecule has 0 N–H and O–H groups in total. The third kappa shape index (κ3) is 1.91. The van der Waals surface area contributed by atoms with Crippen molar-refractivity contribution < 1.29 is 4.79 Å². The van der Waals surface area contributed by atoms with Crippen LogP contribution in [0.2, 0.25) is 0 Å². The highest BCUT2D eigenvalue weighted by atomic mass is 79.9. The van der Waals surface area contributed by atoms with Gasteiger partial charge in [-0.05, 0) is 22.4 Å². The van der Waals surface area contributed by atoms with Gasteiger partial charge in [0.15, 0.2) is 6.29 Å². The molecular weight excluding hydrogens is 224 g/mol. The molecule has 11 heavy (non-hydrogen) atoms. The van der Waals surface area contributed by atoms with Gasteiger partial charge in [-0.25, -0.2) is 0 Å². The lowest BCUT2D eigenvalue weighted by Crippen LogP contribution is -1.85. The first-order valence-electron chi connectivity index (χ1n) is 3.50. The number of halogens is 1. The molecule has 0 aliphatic heterocycles. The SMILES string of the molecule is CCCc1scc(Br)c1C=O. The number of aldehydes is 1. The van der Waals surface area contributed by atoms with Crippen LogP contribution in [0, 0.1) is 0 Å². The molecule has 1 rings (SSSR count). The zero-order valence-corrected chi connectivity index (χ0v) is 8.67. The monoisotopic (exact) mass is 232 g/mol. The molecule has 0 fully saturated rings. The molecule has 0 amide bonds. The van der Waals surface area contributed by atoms with Crippen LogP contribution in [0.25, 0.3) is 0 Å². The summed E-state index contributed by atoms with van der Waals surface area (Å²) in [6.45, 7) is 2.11. The first-order valence-corrected chi connectivity index (χ1v) is 5.18. The molecule has 0 saturated heterocycles. The number of rotatable bonds is 3. The number of hydrogen-bond donors (Lipinski definition) is 0. The van der Waals surface area contributed by atoms with E-state index in [4.69, 9.17) is 0 Å². The van der Waals surface area contributed by atoms with Crippen molar-refractivity contribution in [2.24, 2.45) is 0 Å². The molecule has 0 atom stereocenters. The Balaban J connectivity index is 2.95. The van der Waals surface area contributed by atoms with E-state index < -0.39 is 0 Å². The Morgan fingerprint density at radius 2 is 2.45 bits per heavy atom. The van der Waals surface area contributed by atoms with Crippen molar-refractivity contribution in [3.05, 3.63) is 20.3 Å². The largest absolute Gasteiger partial charge is 0.298 e. The average molecular weight is 233 g/mol. The lowest BCUT2D eigenvalue weighted by molar-refractivity contribution is 0.112. The van der Waals surface area contributed by atoms with E-state index in [-0.39, 0.29) is 0 Å². The van der Waals surface area contributed by atoms with E-state index in [0.29, 0.717) is 0 Å². The normalized spacial score (nSPS) is 10.0. The van der Waals surface area contributed by atoms with Crippen LogP contribution in [0.1, 0.15) is 28.6 Å². The molecule has 0 aliphatic rings. The van der Waals surface area contributed by atoms with Crippen LogP contribution in [0.4, 0.5) is 0 Å². The fraction of sp³-hybridized carbons (Fsp3) is 0.375. The van der Waals surface area contributed by atoms with Gasteiger partial charge in [0.05, 0.1) is 0 Å². The molecule has 0 aromatic carbocycles. The van der Waals surface area contributed by atoms with Gasteiger partial charge in [0.1, 0.15) is 0 Å². The summed E-state index contributed by atoms with van der Waals surface area (Å²) in [5, 5.41) is 1.97. The van der Waals surface area contributed by atoms with Crippen molar-refractivity contribution in [1.29, 1.82) is 0 Å². The molecule has 3 heteroatoms. The topological polar surface area (TPSA) is 17.1 Å². The summed E-state index contributed by atoms with van der Waals surface area (Å²) < 4.78 is 0.931. The highest BCUT2D eigenvalue weighted by Crippen LogP contribution is 2.26. The maximum atomic E-state index is 10.6. The van der Waals surface area contributed by atoms with E-state index in [0.717, 1.165) is 29.2 Å². The minimum atomic E-state index is 0.830. The van der Waals surface area contributed by atoms with Crippen molar-refractivity contribution >= 4 is 33.6 Å². The van der Waals surface area contributed by atoms with E-state index in [1.54, 1.807) is 11.3 Å². The fourth-order valence-corrected chi connectivity index (χ4v) is 2.65. The zero-order valence-electron chi connectivity index (χ0n) is 6.26. The molecule has 0 bridgehead atoms. The quantitative estimate of drug-likeness (QED) is 0.732. The van der Waals surface area contributed by atoms with Crippen molar-refractivity contribution in [3.8, 4) is 0 Å². The van der Waals surface area contributed by atoms with Crippen molar-refractivity contribution in [1.82, 2.24) is 0 Å². The standard InChI is InChI=1S/C8H9BrOS/c1-2-3-8-6(4-10)7(9)5-11-8/h4-5H,2-3H2,1H3. The Labute approximate surface area is 78.6 Å². The Hall–Kier alpha value is -0.150. The van der Waals surface area contributed by atoms with Crippen molar-refractivity contribution in [2.45, 2.75) is 19.8 Å². The molecule has 1 aromatic heterocycles. The van der Waals surface area contributed by atoms with Crippen LogP contribution in [0.5, 0.6) is 0 Å². The van der Waals surface area contributed by atoms with Gasteiger partial charge in [-0.3, -0.25) is 4.79 Å². The number of carbonyl (C=O) groups is 1. The smallest absolute Gasteiger partial charge is 0.152 e. The second kappa shape index (κ2) is 4.02. The van der Waals surface area contributed by atoms with E-state index in [9.17, 15) is 4.79 Å². The van der Waals surface area contributed by atoms with Gasteiger partial charge < -0.3 is 0 Å². The fourth-order valence-electron chi connectivity index (χ4n) is 0.926. The summed E-state index contributed by atoms with van der Waals surface area (Å²) in [6, 6.07) is 0. The van der Waals surface area contributed by atoms with Gasteiger partial charge in [-0.2, -0.15) is 0 Å². The summed E-state index contributed by atoms with van der Waals surface area (Å²) in [5.41, 5.74) is 0.830. The van der Waals surface area contributed by atoms with Crippen LogP contribution in [-0.2, 0) is 6.42 Å². The van der Waals surface area contributed by atoms with Crippen LogP contribution in [0.15, 0.2) is 9.85 Å².